The number of thiophene rings is 1. The summed E-state index contributed by atoms with van der Waals surface area (Å²) >= 11 is 1.86. The Balaban J connectivity index is 1.71. The maximum absolute atomic E-state index is 3.47. The van der Waals surface area contributed by atoms with Gasteiger partial charge in [-0.2, -0.15) is 0 Å². The second kappa shape index (κ2) is 6.50. The van der Waals surface area contributed by atoms with Crippen molar-refractivity contribution in [2.45, 2.75) is 12.5 Å². The van der Waals surface area contributed by atoms with Gasteiger partial charge in [0.15, 0.2) is 0 Å². The van der Waals surface area contributed by atoms with Crippen molar-refractivity contribution in [3.63, 3.8) is 0 Å². The van der Waals surface area contributed by atoms with Crippen LogP contribution in [0, 0.1) is 0 Å². The van der Waals surface area contributed by atoms with Gasteiger partial charge in [-0.1, -0.05) is 6.07 Å². The van der Waals surface area contributed by atoms with Gasteiger partial charge in [-0.05, 0) is 32.0 Å². The molecule has 1 saturated heterocycles. The van der Waals surface area contributed by atoms with E-state index < -0.39 is 0 Å². The van der Waals surface area contributed by atoms with Gasteiger partial charge in [0.1, 0.15) is 0 Å². The maximum Gasteiger partial charge on any atom is 0.0345 e. The van der Waals surface area contributed by atoms with E-state index in [4.69, 9.17) is 0 Å². The zero-order chi connectivity index (χ0) is 12.1. The van der Waals surface area contributed by atoms with Gasteiger partial charge in [0.05, 0.1) is 0 Å². The lowest BCUT2D eigenvalue weighted by Gasteiger charge is -2.35. The minimum Gasteiger partial charge on any atom is -0.314 e. The first-order chi connectivity index (χ1) is 8.25. The number of nitrogens with zero attached hydrogens (tertiary/aromatic N) is 2. The molecule has 1 aromatic heterocycles. The number of likely N-dealkylation sites (N-methyl/N-ethyl adjacent to an activating group) is 2. The van der Waals surface area contributed by atoms with Gasteiger partial charge < -0.3 is 10.2 Å². The summed E-state index contributed by atoms with van der Waals surface area (Å²) in [5.41, 5.74) is 0. The molecule has 1 unspecified atom stereocenters. The average molecular weight is 253 g/mol. The Labute approximate surface area is 108 Å². The summed E-state index contributed by atoms with van der Waals surface area (Å²) in [6.45, 7) is 5.74. The lowest BCUT2D eigenvalue weighted by atomic mass is 10.2. The lowest BCUT2D eigenvalue weighted by Crippen LogP contribution is -2.53. The molecule has 1 aliphatic rings. The first-order valence-electron chi connectivity index (χ1n) is 6.37. The van der Waals surface area contributed by atoms with Gasteiger partial charge in [0, 0.05) is 43.6 Å². The molecule has 17 heavy (non-hydrogen) atoms. The molecule has 1 aromatic rings. The van der Waals surface area contributed by atoms with Gasteiger partial charge in [0.25, 0.3) is 0 Å². The van der Waals surface area contributed by atoms with Gasteiger partial charge in [0.2, 0.25) is 0 Å². The standard InChI is InChI=1S/C13H23N3S/c1-15(7-5-13-4-3-9-17-13)11-12-10-14-6-8-16(12)2/h3-4,9,12,14H,5-8,10-11H2,1-2H3. The van der Waals surface area contributed by atoms with Crippen molar-refractivity contribution >= 4 is 11.3 Å². The van der Waals surface area contributed by atoms with Crippen LogP contribution in [0.2, 0.25) is 0 Å². The predicted octanol–water partition coefficient (Wildman–Crippen LogP) is 1.13. The zero-order valence-corrected chi connectivity index (χ0v) is 11.7. The lowest BCUT2D eigenvalue weighted by molar-refractivity contribution is 0.153. The van der Waals surface area contributed by atoms with E-state index in [1.807, 2.05) is 11.3 Å². The molecule has 1 atom stereocenters. The van der Waals surface area contributed by atoms with E-state index >= 15 is 0 Å². The van der Waals surface area contributed by atoms with Crippen molar-refractivity contribution in [2.75, 3.05) is 46.8 Å². The predicted molar refractivity (Wildman–Crippen MR) is 74.8 cm³/mol. The molecule has 96 valence electrons. The quantitative estimate of drug-likeness (QED) is 0.848. The van der Waals surface area contributed by atoms with E-state index in [1.165, 1.54) is 17.8 Å². The Bertz CT molecular complexity index is 312. The molecule has 0 radical (unpaired) electrons. The highest BCUT2D eigenvalue weighted by atomic mass is 32.1. The van der Waals surface area contributed by atoms with Crippen LogP contribution in [0.1, 0.15) is 4.88 Å². The molecular weight excluding hydrogens is 230 g/mol. The Morgan fingerprint density at radius 3 is 3.18 bits per heavy atom. The summed E-state index contributed by atoms with van der Waals surface area (Å²) in [6.07, 6.45) is 1.18. The molecule has 0 bridgehead atoms. The first-order valence-corrected chi connectivity index (χ1v) is 7.25. The van der Waals surface area contributed by atoms with Crippen LogP contribution >= 0.6 is 11.3 Å². The van der Waals surface area contributed by atoms with Gasteiger partial charge in [-0.3, -0.25) is 4.90 Å². The van der Waals surface area contributed by atoms with Gasteiger partial charge >= 0.3 is 0 Å². The highest BCUT2D eigenvalue weighted by Crippen LogP contribution is 2.10. The molecule has 1 fully saturated rings. The first kappa shape index (κ1) is 13.0. The Hall–Kier alpha value is -0.420. The number of hydrogen-bond donors (Lipinski definition) is 1. The molecule has 0 saturated carbocycles. The fraction of sp³-hybridized carbons (Fsp3) is 0.692. The molecular formula is C13H23N3S. The third-order valence-electron chi connectivity index (χ3n) is 3.49. The van der Waals surface area contributed by atoms with Crippen molar-refractivity contribution in [1.82, 2.24) is 15.1 Å². The van der Waals surface area contributed by atoms with Crippen LogP contribution < -0.4 is 5.32 Å². The molecule has 3 nitrogen and oxygen atoms in total. The second-order valence-corrected chi connectivity index (χ2v) is 5.96. The van der Waals surface area contributed by atoms with Crippen LogP contribution in [0.15, 0.2) is 17.5 Å². The van der Waals surface area contributed by atoms with E-state index in [-0.39, 0.29) is 0 Å². The summed E-state index contributed by atoms with van der Waals surface area (Å²) in [5.74, 6) is 0. The summed E-state index contributed by atoms with van der Waals surface area (Å²) < 4.78 is 0. The Kier molecular flexibility index (Phi) is 4.98. The molecule has 1 aliphatic heterocycles. The summed E-state index contributed by atoms with van der Waals surface area (Å²) in [5, 5.41) is 5.63. The number of rotatable bonds is 5. The van der Waals surface area contributed by atoms with E-state index in [0.29, 0.717) is 6.04 Å². The van der Waals surface area contributed by atoms with Crippen LogP contribution in [0.5, 0.6) is 0 Å². The molecule has 2 heterocycles. The number of nitrogens with one attached hydrogen (secondary N) is 1. The molecule has 4 heteroatoms. The van der Waals surface area contributed by atoms with Crippen LogP contribution in [0.4, 0.5) is 0 Å². The third-order valence-corrected chi connectivity index (χ3v) is 4.42. The van der Waals surface area contributed by atoms with Crippen LogP contribution in [0.3, 0.4) is 0 Å². The SMILES string of the molecule is CN(CCc1cccs1)CC1CNCCN1C. The monoisotopic (exact) mass is 253 g/mol. The minimum absolute atomic E-state index is 0.664. The van der Waals surface area contributed by atoms with Crippen molar-refractivity contribution in [1.29, 1.82) is 0 Å². The smallest absolute Gasteiger partial charge is 0.0345 e. The fourth-order valence-corrected chi connectivity index (χ4v) is 2.97. The van der Waals surface area contributed by atoms with Crippen molar-refractivity contribution in [2.24, 2.45) is 0 Å². The molecule has 2 rings (SSSR count). The highest BCUT2D eigenvalue weighted by Gasteiger charge is 2.19. The summed E-state index contributed by atoms with van der Waals surface area (Å²) in [6, 6.07) is 5.03. The number of hydrogen-bond acceptors (Lipinski definition) is 4. The molecule has 0 spiro atoms. The van der Waals surface area contributed by atoms with Gasteiger partial charge in [-0.15, -0.1) is 11.3 Å². The van der Waals surface area contributed by atoms with Crippen LogP contribution in [-0.2, 0) is 6.42 Å². The highest BCUT2D eigenvalue weighted by molar-refractivity contribution is 7.09. The Morgan fingerprint density at radius 2 is 2.47 bits per heavy atom. The van der Waals surface area contributed by atoms with Crippen molar-refractivity contribution in [3.8, 4) is 0 Å². The summed E-state index contributed by atoms with van der Waals surface area (Å²) in [4.78, 5) is 6.42. The zero-order valence-electron chi connectivity index (χ0n) is 10.9. The summed E-state index contributed by atoms with van der Waals surface area (Å²) in [7, 11) is 4.47. The normalized spacial score (nSPS) is 22.2. The van der Waals surface area contributed by atoms with E-state index in [9.17, 15) is 0 Å². The van der Waals surface area contributed by atoms with Crippen LogP contribution in [-0.4, -0.2) is 62.7 Å². The molecule has 1 N–H and O–H groups in total. The molecule has 0 aromatic carbocycles. The number of piperazine rings is 1. The second-order valence-electron chi connectivity index (χ2n) is 4.93. The van der Waals surface area contributed by atoms with Crippen LogP contribution in [0.25, 0.3) is 0 Å². The minimum atomic E-state index is 0.664. The van der Waals surface area contributed by atoms with Crippen molar-refractivity contribution < 1.29 is 0 Å². The van der Waals surface area contributed by atoms with E-state index in [1.54, 1.807) is 0 Å². The van der Waals surface area contributed by atoms with Crippen molar-refractivity contribution in [3.05, 3.63) is 22.4 Å². The molecule has 0 amide bonds. The topological polar surface area (TPSA) is 18.5 Å². The third kappa shape index (κ3) is 4.07. The average Bonchev–Trinajstić information content (AvgIpc) is 2.82. The fourth-order valence-electron chi connectivity index (χ4n) is 2.27. The Morgan fingerprint density at radius 1 is 1.59 bits per heavy atom. The van der Waals surface area contributed by atoms with E-state index in [2.05, 4.69) is 46.7 Å². The van der Waals surface area contributed by atoms with E-state index in [0.717, 1.165) is 26.2 Å². The largest absolute Gasteiger partial charge is 0.314 e. The maximum atomic E-state index is 3.47. The molecule has 0 aliphatic carbocycles. The van der Waals surface area contributed by atoms with Gasteiger partial charge in [-0.25, -0.2) is 0 Å².